The SMILES string of the molecule is CCCOc1ccc(S(=O)(=O)NC)cc1Nc1ncnc2[nH]nc(Br)c12. The smallest absolute Gasteiger partial charge is 0.240 e. The van der Waals surface area contributed by atoms with E-state index in [1.54, 1.807) is 6.07 Å². The monoisotopic (exact) mass is 440 g/mol. The third-order valence-corrected chi connectivity index (χ3v) is 5.54. The molecule has 0 amide bonds. The highest BCUT2D eigenvalue weighted by atomic mass is 79.9. The van der Waals surface area contributed by atoms with Gasteiger partial charge in [-0.1, -0.05) is 6.92 Å². The average molecular weight is 441 g/mol. The summed E-state index contributed by atoms with van der Waals surface area (Å²) in [6.45, 7) is 2.49. The minimum Gasteiger partial charge on any atom is -0.491 e. The first-order valence-corrected chi connectivity index (χ1v) is 10.1. The Morgan fingerprint density at radius 3 is 2.85 bits per heavy atom. The Morgan fingerprint density at radius 1 is 1.31 bits per heavy atom. The molecule has 3 rings (SSSR count). The number of aromatic amines is 1. The van der Waals surface area contributed by atoms with Crippen LogP contribution in [0.5, 0.6) is 5.75 Å². The molecule has 1 aromatic carbocycles. The summed E-state index contributed by atoms with van der Waals surface area (Å²) in [5.41, 5.74) is 1.02. The van der Waals surface area contributed by atoms with Crippen LogP contribution in [0, 0.1) is 0 Å². The molecule has 26 heavy (non-hydrogen) atoms. The average Bonchev–Trinajstić information content (AvgIpc) is 3.02. The lowest BCUT2D eigenvalue weighted by Crippen LogP contribution is -2.18. The van der Waals surface area contributed by atoms with Gasteiger partial charge in [-0.3, -0.25) is 5.10 Å². The second kappa shape index (κ2) is 7.56. The lowest BCUT2D eigenvalue weighted by atomic mass is 10.2. The first-order chi connectivity index (χ1) is 12.5. The molecule has 2 heterocycles. The van der Waals surface area contributed by atoms with Crippen LogP contribution in [0.1, 0.15) is 13.3 Å². The molecule has 0 unspecified atom stereocenters. The zero-order valence-corrected chi connectivity index (χ0v) is 16.5. The van der Waals surface area contributed by atoms with Crippen molar-refractivity contribution >= 4 is 48.5 Å². The Hall–Kier alpha value is -2.24. The van der Waals surface area contributed by atoms with E-state index < -0.39 is 10.0 Å². The van der Waals surface area contributed by atoms with Gasteiger partial charge in [-0.15, -0.1) is 0 Å². The van der Waals surface area contributed by atoms with Gasteiger partial charge in [0, 0.05) is 0 Å². The molecule has 2 aromatic heterocycles. The van der Waals surface area contributed by atoms with Crippen molar-refractivity contribution in [1.29, 1.82) is 0 Å². The van der Waals surface area contributed by atoms with Gasteiger partial charge in [-0.2, -0.15) is 5.10 Å². The number of hydrogen-bond donors (Lipinski definition) is 3. The van der Waals surface area contributed by atoms with Crippen LogP contribution in [0.25, 0.3) is 11.0 Å². The largest absolute Gasteiger partial charge is 0.491 e. The van der Waals surface area contributed by atoms with Crippen molar-refractivity contribution in [3.8, 4) is 5.75 Å². The Kier molecular flexibility index (Phi) is 5.39. The van der Waals surface area contributed by atoms with Gasteiger partial charge >= 0.3 is 0 Å². The molecule has 0 aliphatic rings. The molecule has 0 fully saturated rings. The number of anilines is 2. The van der Waals surface area contributed by atoms with Gasteiger partial charge < -0.3 is 10.1 Å². The number of sulfonamides is 1. The summed E-state index contributed by atoms with van der Waals surface area (Å²) in [7, 11) is -2.23. The summed E-state index contributed by atoms with van der Waals surface area (Å²) in [5.74, 6) is 0.990. The van der Waals surface area contributed by atoms with Gasteiger partial charge in [0.2, 0.25) is 10.0 Å². The van der Waals surface area contributed by atoms with Crippen molar-refractivity contribution in [3.05, 3.63) is 29.1 Å². The van der Waals surface area contributed by atoms with Crippen molar-refractivity contribution in [2.45, 2.75) is 18.2 Å². The van der Waals surface area contributed by atoms with Crippen molar-refractivity contribution in [3.63, 3.8) is 0 Å². The molecule has 0 aliphatic heterocycles. The van der Waals surface area contributed by atoms with Crippen LogP contribution in [0.3, 0.4) is 0 Å². The van der Waals surface area contributed by atoms with Crippen molar-refractivity contribution in [2.24, 2.45) is 0 Å². The molecule has 0 bridgehead atoms. The van der Waals surface area contributed by atoms with Gasteiger partial charge in [0.05, 0.1) is 22.6 Å². The molecule has 0 aliphatic carbocycles. The highest BCUT2D eigenvalue weighted by molar-refractivity contribution is 9.10. The highest BCUT2D eigenvalue weighted by Crippen LogP contribution is 2.33. The van der Waals surface area contributed by atoms with E-state index in [2.05, 4.69) is 46.1 Å². The quantitative estimate of drug-likeness (QED) is 0.515. The summed E-state index contributed by atoms with van der Waals surface area (Å²) in [6.07, 6.45) is 2.21. The van der Waals surface area contributed by atoms with E-state index in [1.807, 2.05) is 6.92 Å². The van der Waals surface area contributed by atoms with Crippen LogP contribution in [-0.2, 0) is 10.0 Å². The van der Waals surface area contributed by atoms with Crippen molar-refractivity contribution in [1.82, 2.24) is 24.9 Å². The third-order valence-electron chi connectivity index (χ3n) is 3.56. The zero-order valence-electron chi connectivity index (χ0n) is 14.1. The van der Waals surface area contributed by atoms with Crippen molar-refractivity contribution < 1.29 is 13.2 Å². The highest BCUT2D eigenvalue weighted by Gasteiger charge is 2.17. The van der Waals surface area contributed by atoms with E-state index in [0.717, 1.165) is 6.42 Å². The topological polar surface area (TPSA) is 122 Å². The number of benzene rings is 1. The number of aromatic nitrogens is 4. The number of ether oxygens (including phenoxy) is 1. The van der Waals surface area contributed by atoms with Gasteiger partial charge in [0.1, 0.15) is 22.5 Å². The molecule has 0 spiro atoms. The minimum absolute atomic E-state index is 0.114. The molecule has 138 valence electrons. The molecule has 0 saturated carbocycles. The fourth-order valence-electron chi connectivity index (χ4n) is 2.28. The van der Waals surface area contributed by atoms with Crippen LogP contribution >= 0.6 is 15.9 Å². The Morgan fingerprint density at radius 2 is 2.12 bits per heavy atom. The molecule has 0 radical (unpaired) electrons. The van der Waals surface area contributed by atoms with E-state index in [0.29, 0.717) is 39.5 Å². The molecular weight excluding hydrogens is 424 g/mol. The summed E-state index contributed by atoms with van der Waals surface area (Å²) >= 11 is 3.35. The van der Waals surface area contributed by atoms with Crippen LogP contribution in [0.2, 0.25) is 0 Å². The number of nitrogens with one attached hydrogen (secondary N) is 3. The Labute approximate surface area is 158 Å². The normalized spacial score (nSPS) is 11.7. The lowest BCUT2D eigenvalue weighted by Gasteiger charge is -2.14. The summed E-state index contributed by atoms with van der Waals surface area (Å²) in [5, 5.41) is 10.6. The first kappa shape index (κ1) is 18.5. The van der Waals surface area contributed by atoms with E-state index in [1.165, 1.54) is 25.5 Å². The fraction of sp³-hybridized carbons (Fsp3) is 0.267. The summed E-state index contributed by atoms with van der Waals surface area (Å²) in [6, 6.07) is 4.61. The number of fused-ring (bicyclic) bond motifs is 1. The number of rotatable bonds is 7. The second-order valence-corrected chi connectivity index (χ2v) is 7.94. The molecule has 11 heteroatoms. The maximum absolute atomic E-state index is 12.1. The van der Waals surface area contributed by atoms with Crippen molar-refractivity contribution in [2.75, 3.05) is 19.0 Å². The number of hydrogen-bond acceptors (Lipinski definition) is 7. The molecule has 0 saturated heterocycles. The fourth-order valence-corrected chi connectivity index (χ4v) is 3.50. The maximum atomic E-state index is 12.1. The maximum Gasteiger partial charge on any atom is 0.240 e. The predicted molar refractivity (Wildman–Crippen MR) is 101 cm³/mol. The van der Waals surface area contributed by atoms with E-state index in [-0.39, 0.29) is 4.90 Å². The molecule has 9 nitrogen and oxygen atoms in total. The Balaban J connectivity index is 2.08. The molecule has 3 aromatic rings. The minimum atomic E-state index is -3.60. The van der Waals surface area contributed by atoms with Crippen LogP contribution in [-0.4, -0.2) is 42.2 Å². The van der Waals surface area contributed by atoms with Gasteiger partial charge in [-0.05, 0) is 47.6 Å². The predicted octanol–water partition coefficient (Wildman–Crippen LogP) is 2.56. The number of H-pyrrole nitrogens is 1. The third kappa shape index (κ3) is 3.64. The second-order valence-electron chi connectivity index (χ2n) is 5.30. The standard InChI is InChI=1S/C15H17BrN6O3S/c1-3-6-25-11-5-4-9(26(23,24)17-2)7-10(11)20-14-12-13(16)21-22-15(12)19-8-18-14/h4-5,7-8,17H,3,6H2,1-2H3,(H2,18,19,20,21,22). The molecule has 3 N–H and O–H groups in total. The molecule has 0 atom stereocenters. The molecular formula is C15H17BrN6O3S. The number of halogens is 1. The van der Waals surface area contributed by atoms with Crippen LogP contribution in [0.15, 0.2) is 34.0 Å². The van der Waals surface area contributed by atoms with Gasteiger partial charge in [-0.25, -0.2) is 23.1 Å². The van der Waals surface area contributed by atoms with E-state index >= 15 is 0 Å². The summed E-state index contributed by atoms with van der Waals surface area (Å²) in [4.78, 5) is 8.46. The van der Waals surface area contributed by atoms with E-state index in [4.69, 9.17) is 4.74 Å². The van der Waals surface area contributed by atoms with Gasteiger partial charge in [0.15, 0.2) is 5.65 Å². The zero-order chi connectivity index (χ0) is 18.7. The number of nitrogens with zero attached hydrogens (tertiary/aromatic N) is 3. The van der Waals surface area contributed by atoms with E-state index in [9.17, 15) is 8.42 Å². The summed E-state index contributed by atoms with van der Waals surface area (Å²) < 4.78 is 32.8. The van der Waals surface area contributed by atoms with Crippen LogP contribution in [0.4, 0.5) is 11.5 Å². The lowest BCUT2D eigenvalue weighted by molar-refractivity contribution is 0.319. The first-order valence-electron chi connectivity index (χ1n) is 7.78. The van der Waals surface area contributed by atoms with Gasteiger partial charge in [0.25, 0.3) is 0 Å². The van der Waals surface area contributed by atoms with Crippen LogP contribution < -0.4 is 14.8 Å². The Bertz CT molecular complexity index is 1040.